The van der Waals surface area contributed by atoms with Crippen molar-refractivity contribution in [1.29, 1.82) is 0 Å². The average molecular weight is 265 g/mol. The zero-order valence-corrected chi connectivity index (χ0v) is 11.5. The molecule has 98 valence electrons. The summed E-state index contributed by atoms with van der Waals surface area (Å²) in [5.41, 5.74) is 8.78. The average Bonchev–Trinajstić information content (AvgIpc) is 2.81. The number of halogens is 1. The molecule has 1 heterocycles. The molecule has 2 N–H and O–H groups in total. The topological polar surface area (TPSA) is 29.3 Å². The summed E-state index contributed by atoms with van der Waals surface area (Å²) in [6.45, 7) is 3.23. The van der Waals surface area contributed by atoms with Gasteiger partial charge < -0.3 is 5.73 Å². The van der Waals surface area contributed by atoms with Crippen molar-refractivity contribution >= 4 is 11.6 Å². The Balaban J connectivity index is 1.79. The second kappa shape index (κ2) is 5.20. The molecule has 1 aliphatic carbocycles. The van der Waals surface area contributed by atoms with Crippen LogP contribution in [0.1, 0.15) is 36.4 Å². The summed E-state index contributed by atoms with van der Waals surface area (Å²) in [5, 5.41) is 0.868. The molecule has 1 saturated heterocycles. The molecule has 0 aromatic heterocycles. The maximum atomic E-state index is 6.07. The van der Waals surface area contributed by atoms with E-state index >= 15 is 0 Å². The number of likely N-dealkylation sites (tertiary alicyclic amines) is 1. The van der Waals surface area contributed by atoms with Crippen LogP contribution in [0.15, 0.2) is 18.2 Å². The zero-order valence-electron chi connectivity index (χ0n) is 10.7. The molecule has 1 aromatic rings. The lowest BCUT2D eigenvalue weighted by atomic mass is 9.95. The van der Waals surface area contributed by atoms with Gasteiger partial charge in [0.05, 0.1) is 0 Å². The van der Waals surface area contributed by atoms with Gasteiger partial charge in [0.1, 0.15) is 0 Å². The molecule has 0 amide bonds. The second-order valence-electron chi connectivity index (χ2n) is 5.64. The summed E-state index contributed by atoms with van der Waals surface area (Å²) >= 11 is 6.07. The van der Waals surface area contributed by atoms with Gasteiger partial charge in [0, 0.05) is 17.6 Å². The number of benzene rings is 1. The second-order valence-corrected chi connectivity index (χ2v) is 6.07. The highest BCUT2D eigenvalue weighted by atomic mass is 35.5. The molecule has 2 unspecified atom stereocenters. The van der Waals surface area contributed by atoms with Gasteiger partial charge in [0.15, 0.2) is 0 Å². The van der Waals surface area contributed by atoms with Gasteiger partial charge in [-0.05, 0) is 68.0 Å². The molecule has 1 fully saturated rings. The summed E-state index contributed by atoms with van der Waals surface area (Å²) in [6, 6.07) is 7.00. The van der Waals surface area contributed by atoms with E-state index in [9.17, 15) is 0 Å². The molecule has 3 rings (SSSR count). The van der Waals surface area contributed by atoms with Crippen LogP contribution >= 0.6 is 11.6 Å². The van der Waals surface area contributed by atoms with Gasteiger partial charge in [-0.25, -0.2) is 0 Å². The maximum absolute atomic E-state index is 6.07. The molecule has 0 saturated carbocycles. The summed E-state index contributed by atoms with van der Waals surface area (Å²) in [7, 11) is 0. The lowest BCUT2D eigenvalue weighted by Gasteiger charge is -2.36. The van der Waals surface area contributed by atoms with Gasteiger partial charge in [0.2, 0.25) is 0 Å². The first-order valence-corrected chi connectivity index (χ1v) is 7.38. The fraction of sp³-hybridized carbons (Fsp3) is 0.600. The summed E-state index contributed by atoms with van der Waals surface area (Å²) < 4.78 is 0. The van der Waals surface area contributed by atoms with E-state index in [1.54, 1.807) is 0 Å². The maximum Gasteiger partial charge on any atom is 0.0408 e. The molecular weight excluding hydrogens is 244 g/mol. The molecule has 2 atom stereocenters. The van der Waals surface area contributed by atoms with Gasteiger partial charge in [-0.15, -0.1) is 0 Å². The van der Waals surface area contributed by atoms with Gasteiger partial charge in [-0.3, -0.25) is 4.90 Å². The number of fused-ring (bicyclic) bond motifs is 1. The minimum atomic E-state index is 0.603. The normalized spacial score (nSPS) is 28.3. The molecule has 1 aromatic carbocycles. The van der Waals surface area contributed by atoms with Crippen LogP contribution in [0, 0.1) is 5.92 Å². The minimum Gasteiger partial charge on any atom is -0.330 e. The van der Waals surface area contributed by atoms with E-state index in [1.165, 1.54) is 49.9 Å². The van der Waals surface area contributed by atoms with Crippen LogP contribution in [0.5, 0.6) is 0 Å². The van der Waals surface area contributed by atoms with E-state index in [2.05, 4.69) is 17.0 Å². The molecule has 2 nitrogen and oxygen atoms in total. The fourth-order valence-electron chi connectivity index (χ4n) is 3.52. The Labute approximate surface area is 114 Å². The van der Waals surface area contributed by atoms with Crippen molar-refractivity contribution in [3.8, 4) is 0 Å². The van der Waals surface area contributed by atoms with Crippen LogP contribution in [-0.2, 0) is 6.42 Å². The number of rotatable bonds is 2. The van der Waals surface area contributed by atoms with Crippen LogP contribution in [-0.4, -0.2) is 24.5 Å². The van der Waals surface area contributed by atoms with Crippen molar-refractivity contribution < 1.29 is 0 Å². The molecule has 0 radical (unpaired) electrons. The standard InChI is InChI=1S/C15H21ClN2/c16-13-4-5-14-12(8-13)3-6-15(14)18-7-1-2-11(9-17)10-18/h4-5,8,11,15H,1-3,6-7,9-10,17H2. The van der Waals surface area contributed by atoms with Gasteiger partial charge in [0.25, 0.3) is 0 Å². The lowest BCUT2D eigenvalue weighted by molar-refractivity contribution is 0.125. The van der Waals surface area contributed by atoms with Crippen LogP contribution in [0.4, 0.5) is 0 Å². The lowest BCUT2D eigenvalue weighted by Crippen LogP contribution is -2.40. The highest BCUT2D eigenvalue weighted by Crippen LogP contribution is 2.38. The number of piperidine rings is 1. The highest BCUT2D eigenvalue weighted by Gasteiger charge is 2.30. The number of hydrogen-bond acceptors (Lipinski definition) is 2. The third kappa shape index (κ3) is 2.29. The summed E-state index contributed by atoms with van der Waals surface area (Å²) in [4.78, 5) is 2.64. The van der Waals surface area contributed by atoms with Gasteiger partial charge in [-0.1, -0.05) is 17.7 Å². The zero-order chi connectivity index (χ0) is 12.5. The predicted molar refractivity (Wildman–Crippen MR) is 75.9 cm³/mol. The molecule has 0 bridgehead atoms. The Hall–Kier alpha value is -0.570. The van der Waals surface area contributed by atoms with Crippen LogP contribution in [0.25, 0.3) is 0 Å². The van der Waals surface area contributed by atoms with Crippen molar-refractivity contribution in [2.24, 2.45) is 11.7 Å². The Morgan fingerprint density at radius 3 is 3.06 bits per heavy atom. The third-order valence-electron chi connectivity index (χ3n) is 4.48. The number of nitrogens with zero attached hydrogens (tertiary/aromatic N) is 1. The van der Waals surface area contributed by atoms with E-state index in [1.807, 2.05) is 6.07 Å². The molecule has 1 aliphatic heterocycles. The fourth-order valence-corrected chi connectivity index (χ4v) is 3.71. The minimum absolute atomic E-state index is 0.603. The van der Waals surface area contributed by atoms with Gasteiger partial charge in [-0.2, -0.15) is 0 Å². The summed E-state index contributed by atoms with van der Waals surface area (Å²) in [6.07, 6.45) is 5.01. The molecule has 0 spiro atoms. The highest BCUT2D eigenvalue weighted by molar-refractivity contribution is 6.30. The Morgan fingerprint density at radius 2 is 2.22 bits per heavy atom. The third-order valence-corrected chi connectivity index (χ3v) is 4.71. The SMILES string of the molecule is NCC1CCCN(C2CCc3cc(Cl)ccc32)C1. The first kappa shape index (κ1) is 12.5. The van der Waals surface area contributed by atoms with Crippen molar-refractivity contribution in [2.45, 2.75) is 31.7 Å². The van der Waals surface area contributed by atoms with E-state index in [-0.39, 0.29) is 0 Å². The largest absolute Gasteiger partial charge is 0.330 e. The Morgan fingerprint density at radius 1 is 1.33 bits per heavy atom. The van der Waals surface area contributed by atoms with Crippen LogP contribution < -0.4 is 5.73 Å². The Kier molecular flexibility index (Phi) is 3.60. The van der Waals surface area contributed by atoms with Crippen molar-refractivity contribution in [1.82, 2.24) is 4.90 Å². The predicted octanol–water partition coefficient (Wildman–Crippen LogP) is 3.00. The summed E-state index contributed by atoms with van der Waals surface area (Å²) in [5.74, 6) is 0.690. The number of hydrogen-bond donors (Lipinski definition) is 1. The first-order valence-electron chi connectivity index (χ1n) is 7.00. The van der Waals surface area contributed by atoms with Crippen molar-refractivity contribution in [3.63, 3.8) is 0 Å². The van der Waals surface area contributed by atoms with E-state index in [0.717, 1.165) is 11.6 Å². The smallest absolute Gasteiger partial charge is 0.0408 e. The molecule has 18 heavy (non-hydrogen) atoms. The van der Waals surface area contributed by atoms with E-state index in [4.69, 9.17) is 17.3 Å². The van der Waals surface area contributed by atoms with E-state index in [0.29, 0.717) is 12.0 Å². The molecular formula is C15H21ClN2. The Bertz CT molecular complexity index is 433. The quantitative estimate of drug-likeness (QED) is 0.890. The molecule has 3 heteroatoms. The monoisotopic (exact) mass is 264 g/mol. The van der Waals surface area contributed by atoms with Gasteiger partial charge >= 0.3 is 0 Å². The number of nitrogens with two attached hydrogens (primary N) is 1. The molecule has 2 aliphatic rings. The van der Waals surface area contributed by atoms with Crippen molar-refractivity contribution in [3.05, 3.63) is 34.3 Å². The first-order chi connectivity index (χ1) is 8.78. The van der Waals surface area contributed by atoms with E-state index < -0.39 is 0 Å². The van der Waals surface area contributed by atoms with Crippen LogP contribution in [0.2, 0.25) is 5.02 Å². The number of aryl methyl sites for hydroxylation is 1. The van der Waals surface area contributed by atoms with Crippen LogP contribution in [0.3, 0.4) is 0 Å². The van der Waals surface area contributed by atoms with Crippen molar-refractivity contribution in [2.75, 3.05) is 19.6 Å².